The number of nitrogens with zero attached hydrogens (tertiary/aromatic N) is 3. The summed E-state index contributed by atoms with van der Waals surface area (Å²) >= 11 is 1.28. The Morgan fingerprint density at radius 1 is 1.28 bits per heavy atom. The highest BCUT2D eigenvalue weighted by atomic mass is 32.2. The molecule has 3 atom stereocenters. The van der Waals surface area contributed by atoms with Crippen molar-refractivity contribution in [2.45, 2.75) is 42.5 Å². The van der Waals surface area contributed by atoms with Crippen molar-refractivity contribution in [3.05, 3.63) is 42.3 Å². The van der Waals surface area contributed by atoms with E-state index in [-0.39, 0.29) is 11.6 Å². The highest BCUT2D eigenvalue weighted by Crippen LogP contribution is 2.48. The Kier molecular flexibility index (Phi) is 4.62. The zero-order valence-corrected chi connectivity index (χ0v) is 17.8. The summed E-state index contributed by atoms with van der Waals surface area (Å²) < 4.78 is 44.6. The Bertz CT molecular complexity index is 1110. The fourth-order valence-corrected chi connectivity index (χ4v) is 6.71. The Morgan fingerprint density at radius 2 is 2.00 bits per heavy atom. The molecule has 2 aliphatic rings. The van der Waals surface area contributed by atoms with Crippen LogP contribution in [0.5, 0.6) is 0 Å². The van der Waals surface area contributed by atoms with Crippen molar-refractivity contribution in [2.75, 3.05) is 5.75 Å². The quantitative estimate of drug-likeness (QED) is 0.787. The van der Waals surface area contributed by atoms with Crippen molar-refractivity contribution in [3.63, 3.8) is 0 Å². The van der Waals surface area contributed by atoms with E-state index in [4.69, 9.17) is 10.2 Å². The van der Waals surface area contributed by atoms with Gasteiger partial charge >= 0.3 is 0 Å². The fourth-order valence-electron chi connectivity index (χ4n) is 3.52. The summed E-state index contributed by atoms with van der Waals surface area (Å²) in [6.45, 7) is 4.72. The van der Waals surface area contributed by atoms with Crippen LogP contribution in [-0.4, -0.2) is 51.9 Å². The molecule has 0 radical (unpaired) electrons. The second-order valence-electron chi connectivity index (χ2n) is 7.96. The molecule has 0 spiro atoms. The summed E-state index contributed by atoms with van der Waals surface area (Å²) in [7, 11) is -3.58. The number of aromatic nitrogens is 2. The number of allylic oxidation sites excluding steroid dienone is 1. The number of aliphatic imine (C=N–C) groups is 1. The molecule has 0 amide bonds. The summed E-state index contributed by atoms with van der Waals surface area (Å²) in [4.78, 5) is 5.18. The summed E-state index contributed by atoms with van der Waals surface area (Å²) in [5, 5.41) is 6.86. The van der Waals surface area contributed by atoms with E-state index in [2.05, 4.69) is 15.2 Å². The van der Waals surface area contributed by atoms with Crippen LogP contribution in [0.1, 0.15) is 26.3 Å². The topological polar surface area (TPSA) is 111 Å². The van der Waals surface area contributed by atoms with E-state index < -0.39 is 31.5 Å². The molecule has 3 heterocycles. The van der Waals surface area contributed by atoms with Gasteiger partial charge in [-0.3, -0.25) is 4.99 Å². The van der Waals surface area contributed by atoms with Crippen LogP contribution >= 0.6 is 11.8 Å². The number of hydrogen-bond donors (Lipinski definition) is 1. The molecule has 2 N–H and O–H groups in total. The first kappa shape index (κ1) is 20.1. The predicted octanol–water partition coefficient (Wildman–Crippen LogP) is 2.85. The number of alkyl halides is 1. The molecule has 0 saturated carbocycles. The highest BCUT2D eigenvalue weighted by Gasteiger charge is 2.54. The van der Waals surface area contributed by atoms with E-state index in [1.54, 1.807) is 6.92 Å². The van der Waals surface area contributed by atoms with Gasteiger partial charge in [0.1, 0.15) is 16.8 Å². The van der Waals surface area contributed by atoms with Gasteiger partial charge in [-0.2, -0.15) is 0 Å². The SMILES string of the molecule is CC1(C)C(N)=N[C@](C)(C2SC(c3cccc(-c4nnco4)c3)=CC2F)CS1(=O)=O. The van der Waals surface area contributed by atoms with Gasteiger partial charge in [0, 0.05) is 10.5 Å². The van der Waals surface area contributed by atoms with Gasteiger partial charge in [-0.25, -0.2) is 12.8 Å². The maximum absolute atomic E-state index is 15.1. The fraction of sp³-hybridized carbons (Fsp3) is 0.421. The average molecular weight is 437 g/mol. The van der Waals surface area contributed by atoms with Crippen LogP contribution in [0, 0.1) is 0 Å². The molecule has 4 rings (SSSR count). The Balaban J connectivity index is 1.65. The lowest BCUT2D eigenvalue weighted by Gasteiger charge is -2.40. The monoisotopic (exact) mass is 436 g/mol. The Labute approximate surface area is 172 Å². The number of rotatable bonds is 3. The number of benzene rings is 1. The minimum absolute atomic E-state index is 0.0193. The summed E-state index contributed by atoms with van der Waals surface area (Å²) in [5.74, 6) is 0.134. The molecule has 2 unspecified atom stereocenters. The molecule has 0 bridgehead atoms. The normalized spacial score (nSPS) is 30.6. The largest absolute Gasteiger partial charge is 0.423 e. The van der Waals surface area contributed by atoms with E-state index in [1.165, 1.54) is 38.1 Å². The standard InChI is InChI=1S/C19H21FN4O3S2/c1-18(2)17(21)23-19(3,9-29(18,25)26)15-13(20)8-14(28-15)11-5-4-6-12(7-11)16-24-22-10-27-16/h4-8,10,13,15H,9H2,1-3H3,(H2,21,23)/t13?,15?,19-/m0/s1. The molecular formula is C19H21FN4O3S2. The maximum atomic E-state index is 15.1. The second kappa shape index (κ2) is 6.66. The van der Waals surface area contributed by atoms with Gasteiger partial charge in [0.2, 0.25) is 12.3 Å². The first-order valence-electron chi connectivity index (χ1n) is 9.01. The predicted molar refractivity (Wildman–Crippen MR) is 112 cm³/mol. The van der Waals surface area contributed by atoms with Crippen molar-refractivity contribution in [3.8, 4) is 11.5 Å². The van der Waals surface area contributed by atoms with Crippen molar-refractivity contribution in [1.29, 1.82) is 0 Å². The van der Waals surface area contributed by atoms with Crippen molar-refractivity contribution in [2.24, 2.45) is 10.7 Å². The van der Waals surface area contributed by atoms with Crippen molar-refractivity contribution < 1.29 is 17.2 Å². The molecule has 0 aliphatic carbocycles. The third-order valence-electron chi connectivity index (χ3n) is 5.47. The van der Waals surface area contributed by atoms with E-state index in [1.807, 2.05) is 24.3 Å². The summed E-state index contributed by atoms with van der Waals surface area (Å²) in [5.41, 5.74) is 6.34. The van der Waals surface area contributed by atoms with Gasteiger partial charge < -0.3 is 10.2 Å². The van der Waals surface area contributed by atoms with Crippen LogP contribution in [0.2, 0.25) is 0 Å². The van der Waals surface area contributed by atoms with Crippen LogP contribution < -0.4 is 5.73 Å². The van der Waals surface area contributed by atoms with Crippen LogP contribution in [0.4, 0.5) is 4.39 Å². The number of halogens is 1. The number of hydrogen-bond acceptors (Lipinski definition) is 8. The lowest BCUT2D eigenvalue weighted by atomic mass is 9.95. The number of sulfone groups is 1. The van der Waals surface area contributed by atoms with Crippen molar-refractivity contribution >= 4 is 32.3 Å². The van der Waals surface area contributed by atoms with Crippen LogP contribution in [0.3, 0.4) is 0 Å². The molecule has 1 aromatic carbocycles. The molecule has 10 heteroatoms. The highest BCUT2D eigenvalue weighted by molar-refractivity contribution is 8.09. The zero-order chi connectivity index (χ0) is 21.0. The van der Waals surface area contributed by atoms with E-state index >= 15 is 4.39 Å². The molecule has 7 nitrogen and oxygen atoms in total. The van der Waals surface area contributed by atoms with Crippen molar-refractivity contribution in [1.82, 2.24) is 10.2 Å². The first-order chi connectivity index (χ1) is 13.5. The molecule has 29 heavy (non-hydrogen) atoms. The third kappa shape index (κ3) is 3.28. The number of amidine groups is 1. The molecule has 2 aromatic rings. The van der Waals surface area contributed by atoms with Gasteiger partial charge in [0.05, 0.1) is 16.5 Å². The van der Waals surface area contributed by atoms with Gasteiger partial charge in [-0.05, 0) is 44.5 Å². The van der Waals surface area contributed by atoms with Crippen LogP contribution in [0.15, 0.2) is 46.1 Å². The van der Waals surface area contributed by atoms with Gasteiger partial charge in [-0.15, -0.1) is 22.0 Å². The van der Waals surface area contributed by atoms with Crippen LogP contribution in [-0.2, 0) is 9.84 Å². The first-order valence-corrected chi connectivity index (χ1v) is 11.5. The molecule has 2 aliphatic heterocycles. The molecule has 154 valence electrons. The summed E-state index contributed by atoms with van der Waals surface area (Å²) in [6, 6.07) is 7.34. The Hall–Kier alpha value is -2.20. The molecule has 1 aromatic heterocycles. The Morgan fingerprint density at radius 3 is 2.66 bits per heavy atom. The lowest BCUT2D eigenvalue weighted by molar-refractivity contribution is 0.326. The van der Waals surface area contributed by atoms with E-state index in [9.17, 15) is 8.42 Å². The van der Waals surface area contributed by atoms with Gasteiger partial charge in [-0.1, -0.05) is 12.1 Å². The second-order valence-corrected chi connectivity index (χ2v) is 11.7. The third-order valence-corrected chi connectivity index (χ3v) is 9.85. The maximum Gasteiger partial charge on any atom is 0.247 e. The smallest absolute Gasteiger partial charge is 0.247 e. The van der Waals surface area contributed by atoms with E-state index in [0.717, 1.165) is 11.1 Å². The van der Waals surface area contributed by atoms with Gasteiger partial charge in [0.15, 0.2) is 9.84 Å². The summed E-state index contributed by atoms with van der Waals surface area (Å²) in [6.07, 6.45) is 1.39. The number of thioether (sulfide) groups is 1. The average Bonchev–Trinajstić information content (AvgIpc) is 3.30. The molecule has 0 fully saturated rings. The molecule has 0 saturated heterocycles. The minimum Gasteiger partial charge on any atom is -0.423 e. The zero-order valence-electron chi connectivity index (χ0n) is 16.2. The molecular weight excluding hydrogens is 415 g/mol. The lowest BCUT2D eigenvalue weighted by Crippen LogP contribution is -2.59. The minimum atomic E-state index is -3.58. The van der Waals surface area contributed by atoms with Crippen LogP contribution in [0.25, 0.3) is 16.4 Å². The number of nitrogens with two attached hydrogens (primary N) is 1. The van der Waals surface area contributed by atoms with Gasteiger partial charge in [0.25, 0.3) is 0 Å². The van der Waals surface area contributed by atoms with E-state index in [0.29, 0.717) is 10.8 Å².